The van der Waals surface area contributed by atoms with Gasteiger partial charge in [-0.2, -0.15) is 0 Å². The van der Waals surface area contributed by atoms with E-state index in [0.29, 0.717) is 44.1 Å². The first-order valence-electron chi connectivity index (χ1n) is 9.17. The number of rotatable bonds is 4. The van der Waals surface area contributed by atoms with Crippen molar-refractivity contribution >= 4 is 17.5 Å². The minimum Gasteiger partial charge on any atom is -0.508 e. The second-order valence-electron chi connectivity index (χ2n) is 7.17. The molecule has 2 aliphatic rings. The summed E-state index contributed by atoms with van der Waals surface area (Å²) in [5.74, 6) is 0.707. The van der Waals surface area contributed by atoms with Gasteiger partial charge in [-0.05, 0) is 62.4 Å². The van der Waals surface area contributed by atoms with E-state index in [1.54, 1.807) is 24.3 Å². The minimum atomic E-state index is -0.0771. The van der Waals surface area contributed by atoms with Gasteiger partial charge in [-0.15, -0.1) is 0 Å². The third-order valence-electron chi connectivity index (χ3n) is 5.59. The molecular weight excluding hydrogens is 318 g/mol. The zero-order valence-electron chi connectivity index (χ0n) is 14.5. The number of phenols is 1. The van der Waals surface area contributed by atoms with Crippen molar-refractivity contribution < 1.29 is 14.7 Å². The van der Waals surface area contributed by atoms with Crippen LogP contribution in [0.5, 0.6) is 5.75 Å². The van der Waals surface area contributed by atoms with Gasteiger partial charge in [-0.1, -0.05) is 6.42 Å². The SMILES string of the molecule is NC[C@H]1CCC[C@H]1C(=O)N1CCC(C(=O)Nc2ccc(O)cc2)CC1. The van der Waals surface area contributed by atoms with Crippen molar-refractivity contribution in [2.24, 2.45) is 23.5 Å². The topological polar surface area (TPSA) is 95.7 Å². The maximum atomic E-state index is 12.7. The third kappa shape index (κ3) is 4.12. The first-order valence-corrected chi connectivity index (χ1v) is 9.17. The van der Waals surface area contributed by atoms with Gasteiger partial charge in [0.15, 0.2) is 0 Å². The molecule has 0 radical (unpaired) electrons. The summed E-state index contributed by atoms with van der Waals surface area (Å²) in [6, 6.07) is 6.45. The molecule has 0 aromatic heterocycles. The molecule has 6 heteroatoms. The fourth-order valence-electron chi connectivity index (χ4n) is 4.03. The molecule has 2 fully saturated rings. The zero-order chi connectivity index (χ0) is 17.8. The van der Waals surface area contributed by atoms with E-state index in [0.717, 1.165) is 19.3 Å². The molecule has 136 valence electrons. The number of amides is 2. The van der Waals surface area contributed by atoms with Gasteiger partial charge in [0, 0.05) is 30.6 Å². The van der Waals surface area contributed by atoms with Crippen molar-refractivity contribution in [3.8, 4) is 5.75 Å². The molecule has 0 bridgehead atoms. The molecule has 1 aromatic carbocycles. The van der Waals surface area contributed by atoms with E-state index in [1.807, 2.05) is 4.90 Å². The molecule has 1 aliphatic heterocycles. The van der Waals surface area contributed by atoms with Gasteiger partial charge in [-0.3, -0.25) is 9.59 Å². The van der Waals surface area contributed by atoms with Crippen LogP contribution in [0.4, 0.5) is 5.69 Å². The number of hydrogen-bond acceptors (Lipinski definition) is 4. The number of likely N-dealkylation sites (tertiary alicyclic amines) is 1. The Morgan fingerprint density at radius 1 is 1.12 bits per heavy atom. The molecule has 0 spiro atoms. The van der Waals surface area contributed by atoms with Gasteiger partial charge in [0.2, 0.25) is 11.8 Å². The fourth-order valence-corrected chi connectivity index (χ4v) is 4.03. The van der Waals surface area contributed by atoms with Crippen molar-refractivity contribution in [3.05, 3.63) is 24.3 Å². The Kier molecular flexibility index (Phi) is 5.58. The van der Waals surface area contributed by atoms with Crippen molar-refractivity contribution in [2.45, 2.75) is 32.1 Å². The molecule has 3 rings (SSSR count). The summed E-state index contributed by atoms with van der Waals surface area (Å²) < 4.78 is 0. The summed E-state index contributed by atoms with van der Waals surface area (Å²) in [5.41, 5.74) is 6.48. The summed E-state index contributed by atoms with van der Waals surface area (Å²) >= 11 is 0. The molecule has 1 heterocycles. The largest absolute Gasteiger partial charge is 0.508 e. The highest BCUT2D eigenvalue weighted by atomic mass is 16.3. The van der Waals surface area contributed by atoms with Crippen LogP contribution in [-0.4, -0.2) is 41.5 Å². The van der Waals surface area contributed by atoms with Crippen LogP contribution in [0.25, 0.3) is 0 Å². The molecule has 1 saturated heterocycles. The molecule has 2 atom stereocenters. The van der Waals surface area contributed by atoms with Gasteiger partial charge in [-0.25, -0.2) is 0 Å². The van der Waals surface area contributed by atoms with Crippen LogP contribution in [0, 0.1) is 17.8 Å². The maximum absolute atomic E-state index is 12.7. The molecule has 1 aromatic rings. The van der Waals surface area contributed by atoms with Crippen LogP contribution in [-0.2, 0) is 9.59 Å². The number of carbonyl (C=O) groups is 2. The number of aromatic hydroxyl groups is 1. The molecule has 4 N–H and O–H groups in total. The van der Waals surface area contributed by atoms with E-state index in [4.69, 9.17) is 5.73 Å². The average molecular weight is 345 g/mol. The van der Waals surface area contributed by atoms with E-state index >= 15 is 0 Å². The Morgan fingerprint density at radius 3 is 2.44 bits per heavy atom. The first kappa shape index (κ1) is 17.7. The fraction of sp³-hybridized carbons (Fsp3) is 0.579. The van der Waals surface area contributed by atoms with Crippen molar-refractivity contribution in [1.29, 1.82) is 0 Å². The monoisotopic (exact) mass is 345 g/mol. The molecular formula is C19H27N3O3. The predicted molar refractivity (Wildman–Crippen MR) is 95.9 cm³/mol. The second kappa shape index (κ2) is 7.87. The average Bonchev–Trinajstić information content (AvgIpc) is 3.12. The summed E-state index contributed by atoms with van der Waals surface area (Å²) in [6.45, 7) is 1.86. The van der Waals surface area contributed by atoms with E-state index in [2.05, 4.69) is 5.32 Å². The van der Waals surface area contributed by atoms with E-state index in [9.17, 15) is 14.7 Å². The Labute approximate surface area is 148 Å². The Balaban J connectivity index is 1.50. The van der Waals surface area contributed by atoms with E-state index in [1.165, 1.54) is 0 Å². The lowest BCUT2D eigenvalue weighted by Gasteiger charge is -2.34. The standard InChI is InChI=1S/C19H27N3O3/c20-12-14-2-1-3-17(14)19(25)22-10-8-13(9-11-22)18(24)21-15-4-6-16(23)7-5-15/h4-7,13-14,17,23H,1-3,8-12,20H2,(H,21,24)/t14-,17-/m1/s1. The van der Waals surface area contributed by atoms with E-state index in [-0.39, 0.29) is 29.4 Å². The maximum Gasteiger partial charge on any atom is 0.227 e. The third-order valence-corrected chi connectivity index (χ3v) is 5.59. The lowest BCUT2D eigenvalue weighted by molar-refractivity contribution is -0.139. The van der Waals surface area contributed by atoms with Crippen molar-refractivity contribution in [2.75, 3.05) is 25.0 Å². The highest BCUT2D eigenvalue weighted by Gasteiger charge is 2.36. The predicted octanol–water partition coefficient (Wildman–Crippen LogP) is 1.94. The lowest BCUT2D eigenvalue weighted by Crippen LogP contribution is -2.45. The number of benzene rings is 1. The molecule has 25 heavy (non-hydrogen) atoms. The zero-order valence-corrected chi connectivity index (χ0v) is 14.5. The Hall–Kier alpha value is -2.08. The number of carbonyl (C=O) groups excluding carboxylic acids is 2. The van der Waals surface area contributed by atoms with Gasteiger partial charge in [0.05, 0.1) is 0 Å². The number of nitrogens with zero attached hydrogens (tertiary/aromatic N) is 1. The number of phenolic OH excluding ortho intramolecular Hbond substituents is 1. The van der Waals surface area contributed by atoms with Crippen LogP contribution in [0.15, 0.2) is 24.3 Å². The summed E-state index contributed by atoms with van der Waals surface area (Å²) in [4.78, 5) is 27.0. The Morgan fingerprint density at radius 2 is 1.80 bits per heavy atom. The second-order valence-corrected chi connectivity index (χ2v) is 7.17. The van der Waals surface area contributed by atoms with Gasteiger partial charge < -0.3 is 21.1 Å². The first-order chi connectivity index (χ1) is 12.1. The summed E-state index contributed by atoms with van der Waals surface area (Å²) in [5, 5.41) is 12.2. The van der Waals surface area contributed by atoms with Crippen LogP contribution in [0.1, 0.15) is 32.1 Å². The van der Waals surface area contributed by atoms with Gasteiger partial charge in [0.1, 0.15) is 5.75 Å². The number of nitrogens with two attached hydrogens (primary N) is 1. The number of hydrogen-bond donors (Lipinski definition) is 3. The van der Waals surface area contributed by atoms with Crippen molar-refractivity contribution in [3.63, 3.8) is 0 Å². The van der Waals surface area contributed by atoms with Crippen LogP contribution in [0.2, 0.25) is 0 Å². The van der Waals surface area contributed by atoms with E-state index < -0.39 is 0 Å². The molecule has 1 aliphatic carbocycles. The lowest BCUT2D eigenvalue weighted by atomic mass is 9.91. The molecule has 6 nitrogen and oxygen atoms in total. The van der Waals surface area contributed by atoms with Gasteiger partial charge in [0.25, 0.3) is 0 Å². The minimum absolute atomic E-state index is 0.0153. The van der Waals surface area contributed by atoms with Crippen LogP contribution in [0.3, 0.4) is 0 Å². The number of nitrogens with one attached hydrogen (secondary N) is 1. The molecule has 0 unspecified atom stereocenters. The highest BCUT2D eigenvalue weighted by molar-refractivity contribution is 5.92. The van der Waals surface area contributed by atoms with Crippen molar-refractivity contribution in [1.82, 2.24) is 4.90 Å². The number of anilines is 1. The van der Waals surface area contributed by atoms with Gasteiger partial charge >= 0.3 is 0 Å². The number of piperidine rings is 1. The quantitative estimate of drug-likeness (QED) is 0.727. The smallest absolute Gasteiger partial charge is 0.227 e. The van der Waals surface area contributed by atoms with Crippen LogP contribution < -0.4 is 11.1 Å². The summed E-state index contributed by atoms with van der Waals surface area (Å²) in [7, 11) is 0. The molecule has 1 saturated carbocycles. The van der Waals surface area contributed by atoms with Crippen LogP contribution >= 0.6 is 0 Å². The highest BCUT2D eigenvalue weighted by Crippen LogP contribution is 2.33. The normalized spacial score (nSPS) is 24.3. The molecule has 2 amide bonds. The Bertz CT molecular complexity index is 609. The summed E-state index contributed by atoms with van der Waals surface area (Å²) in [6.07, 6.45) is 4.47.